The fourth-order valence-electron chi connectivity index (χ4n) is 9.31. The van der Waals surface area contributed by atoms with Gasteiger partial charge in [-0.1, -0.05) is 115 Å². The summed E-state index contributed by atoms with van der Waals surface area (Å²) in [7, 11) is 0. The highest BCUT2D eigenvalue weighted by atomic mass is 32.1. The van der Waals surface area contributed by atoms with Crippen LogP contribution < -0.4 is 0 Å². The van der Waals surface area contributed by atoms with Gasteiger partial charge >= 0.3 is 0 Å². The Morgan fingerprint density at radius 1 is 0.436 bits per heavy atom. The summed E-state index contributed by atoms with van der Waals surface area (Å²) in [5.41, 5.74) is 11.3. The van der Waals surface area contributed by atoms with Crippen molar-refractivity contribution in [2.24, 2.45) is 0 Å². The van der Waals surface area contributed by atoms with Crippen molar-refractivity contribution in [1.82, 2.24) is 18.9 Å². The van der Waals surface area contributed by atoms with Gasteiger partial charge in [0.25, 0.3) is 0 Å². The zero-order valence-electron chi connectivity index (χ0n) is 29.4. The minimum atomic E-state index is 0.731. The highest BCUT2D eigenvalue weighted by Gasteiger charge is 2.25. The van der Waals surface area contributed by atoms with Gasteiger partial charge in [0.05, 0.1) is 43.5 Å². The maximum atomic E-state index is 5.25. The van der Waals surface area contributed by atoms with Crippen molar-refractivity contribution in [3.05, 3.63) is 170 Å². The number of hydrogen-bond donors (Lipinski definition) is 0. The van der Waals surface area contributed by atoms with Crippen molar-refractivity contribution in [2.45, 2.75) is 0 Å². The number of hydrogen-bond acceptors (Lipinski definition) is 3. The van der Waals surface area contributed by atoms with Crippen molar-refractivity contribution in [3.63, 3.8) is 0 Å². The smallest absolute Gasteiger partial charge is 0.160 e. The molecule has 0 radical (unpaired) electrons. The lowest BCUT2D eigenvalue weighted by molar-refractivity contribution is 1.18. The van der Waals surface area contributed by atoms with Gasteiger partial charge in [0.15, 0.2) is 5.82 Å². The quantitative estimate of drug-likeness (QED) is 0.182. The van der Waals surface area contributed by atoms with Crippen LogP contribution in [0.25, 0.3) is 119 Å². The van der Waals surface area contributed by atoms with E-state index in [9.17, 15) is 0 Å². The largest absolute Gasteiger partial charge is 0.309 e. The number of benzene rings is 8. The van der Waals surface area contributed by atoms with Crippen LogP contribution in [0.3, 0.4) is 0 Å². The maximum absolute atomic E-state index is 5.25. The Hall–Kier alpha value is -7.08. The van der Waals surface area contributed by atoms with Crippen molar-refractivity contribution in [3.8, 4) is 28.3 Å². The first-order valence-corrected chi connectivity index (χ1v) is 19.5. The molecule has 0 spiro atoms. The highest BCUT2D eigenvalue weighted by molar-refractivity contribution is 7.26. The van der Waals surface area contributed by atoms with E-state index >= 15 is 0 Å². The average molecular weight is 717 g/mol. The molecule has 13 rings (SSSR count). The second-order valence-electron chi connectivity index (χ2n) is 14.5. The topological polar surface area (TPSA) is 35.1 Å². The Bertz CT molecular complexity index is 3700. The molecule has 254 valence electrons. The fraction of sp³-hybridized carbons (Fsp3) is 0. The molecule has 0 aliphatic rings. The summed E-state index contributed by atoms with van der Waals surface area (Å²) in [6.45, 7) is 0. The van der Waals surface area contributed by atoms with Crippen LogP contribution in [0.2, 0.25) is 0 Å². The van der Waals surface area contributed by atoms with Gasteiger partial charge in [-0.05, 0) is 65.4 Å². The summed E-state index contributed by atoms with van der Waals surface area (Å²) in [6, 6.07) is 61.5. The van der Waals surface area contributed by atoms with Crippen LogP contribution >= 0.6 is 11.3 Å². The molecule has 0 fully saturated rings. The van der Waals surface area contributed by atoms with Crippen molar-refractivity contribution in [2.75, 3.05) is 0 Å². The second-order valence-corrected chi connectivity index (χ2v) is 15.6. The van der Waals surface area contributed by atoms with E-state index in [1.165, 1.54) is 80.8 Å². The van der Waals surface area contributed by atoms with E-state index in [-0.39, 0.29) is 0 Å². The summed E-state index contributed by atoms with van der Waals surface area (Å²) in [4.78, 5) is 10.5. The predicted octanol–water partition coefficient (Wildman–Crippen LogP) is 13.6. The monoisotopic (exact) mass is 716 g/mol. The second kappa shape index (κ2) is 10.8. The lowest BCUT2D eigenvalue weighted by Gasteiger charge is -2.11. The van der Waals surface area contributed by atoms with Gasteiger partial charge < -0.3 is 8.97 Å². The normalized spacial score (nSPS) is 12.4. The molecule has 0 saturated carbocycles. The molecule has 0 bridgehead atoms. The third-order valence-electron chi connectivity index (χ3n) is 11.6. The molecule has 0 atom stereocenters. The Labute approximate surface area is 318 Å². The van der Waals surface area contributed by atoms with E-state index in [4.69, 9.17) is 9.97 Å². The molecule has 55 heavy (non-hydrogen) atoms. The summed E-state index contributed by atoms with van der Waals surface area (Å²) < 4.78 is 7.31. The predicted molar refractivity (Wildman–Crippen MR) is 232 cm³/mol. The first-order valence-electron chi connectivity index (χ1n) is 18.7. The molecule has 5 heteroatoms. The van der Waals surface area contributed by atoms with Crippen molar-refractivity contribution in [1.29, 1.82) is 0 Å². The SMILES string of the molecule is c1ccc(-c2nc(-c3ccc(-n4c5ccccc5c5cc6c7c8ccccc8ccc7n7c8ccccc8c(c54)c67)cc3)nc3c2sc2ccccc23)cc1. The Morgan fingerprint density at radius 2 is 1.15 bits per heavy atom. The summed E-state index contributed by atoms with van der Waals surface area (Å²) in [5.74, 6) is 0.731. The van der Waals surface area contributed by atoms with Gasteiger partial charge in [0.2, 0.25) is 0 Å². The molecule has 4 nitrogen and oxygen atoms in total. The molecule has 0 amide bonds. The number of thiophene rings is 1. The van der Waals surface area contributed by atoms with E-state index in [0.29, 0.717) is 0 Å². The van der Waals surface area contributed by atoms with Gasteiger partial charge in [-0.25, -0.2) is 9.97 Å². The van der Waals surface area contributed by atoms with Crippen molar-refractivity contribution < 1.29 is 0 Å². The first-order chi connectivity index (χ1) is 27.3. The Morgan fingerprint density at radius 3 is 2.00 bits per heavy atom. The standard InChI is InChI=1S/C50H28N4S/c1-2-13-30(14-3-1)45-49-46(36-18-8-11-21-42(36)55-49)52-50(51-45)31-22-25-32(26-23-31)53-39-19-9-6-16-34(39)37-28-38-43-33-15-5-4-12-29(33)24-27-41(43)54-40-20-10-7-17-35(40)44(47(37)53)48(38)54/h1-28H. The van der Waals surface area contributed by atoms with Crippen LogP contribution in [0.5, 0.6) is 0 Å². The highest BCUT2D eigenvalue weighted by Crippen LogP contribution is 2.48. The van der Waals surface area contributed by atoms with Crippen LogP contribution in [-0.2, 0) is 0 Å². The molecule has 0 N–H and O–H groups in total. The lowest BCUT2D eigenvalue weighted by atomic mass is 10.00. The van der Waals surface area contributed by atoms with Crippen LogP contribution in [0.1, 0.15) is 0 Å². The summed E-state index contributed by atoms with van der Waals surface area (Å²) >= 11 is 1.76. The summed E-state index contributed by atoms with van der Waals surface area (Å²) in [6.07, 6.45) is 0. The van der Waals surface area contributed by atoms with E-state index in [2.05, 4.69) is 179 Å². The molecule has 13 aromatic rings. The zero-order valence-corrected chi connectivity index (χ0v) is 30.2. The first kappa shape index (κ1) is 29.4. The van der Waals surface area contributed by atoms with E-state index in [1.54, 1.807) is 11.3 Å². The summed E-state index contributed by atoms with van der Waals surface area (Å²) in [5, 5.41) is 11.4. The van der Waals surface area contributed by atoms with Crippen LogP contribution in [-0.4, -0.2) is 18.9 Å². The fourth-order valence-corrected chi connectivity index (χ4v) is 10.5. The zero-order chi connectivity index (χ0) is 35.8. The van der Waals surface area contributed by atoms with Gasteiger partial charge in [0.1, 0.15) is 0 Å². The number of fused-ring (bicyclic) bond motifs is 15. The molecule has 5 aromatic heterocycles. The maximum Gasteiger partial charge on any atom is 0.160 e. The van der Waals surface area contributed by atoms with E-state index < -0.39 is 0 Å². The molecule has 5 heterocycles. The molecule has 0 aliphatic heterocycles. The van der Waals surface area contributed by atoms with Gasteiger partial charge in [-0.15, -0.1) is 11.3 Å². The number of para-hydroxylation sites is 2. The Kier molecular flexibility index (Phi) is 5.74. The molecule has 0 aliphatic carbocycles. The van der Waals surface area contributed by atoms with E-state index in [0.717, 1.165) is 38.5 Å². The van der Waals surface area contributed by atoms with E-state index in [1.807, 2.05) is 0 Å². The average Bonchev–Trinajstić information content (AvgIpc) is 3.99. The number of aromatic nitrogens is 4. The van der Waals surface area contributed by atoms with Crippen LogP contribution in [0, 0.1) is 0 Å². The number of rotatable bonds is 3. The third kappa shape index (κ3) is 3.89. The Balaban J connectivity index is 1.09. The minimum absolute atomic E-state index is 0.731. The van der Waals surface area contributed by atoms with Gasteiger partial charge in [0, 0.05) is 59.2 Å². The molecular formula is C50H28N4S. The van der Waals surface area contributed by atoms with Crippen molar-refractivity contribution >= 4 is 102 Å². The molecule has 0 saturated heterocycles. The minimum Gasteiger partial charge on any atom is -0.309 e. The molecule has 8 aromatic carbocycles. The van der Waals surface area contributed by atoms with Crippen LogP contribution in [0.15, 0.2) is 170 Å². The van der Waals surface area contributed by atoms with Crippen LogP contribution in [0.4, 0.5) is 0 Å². The third-order valence-corrected chi connectivity index (χ3v) is 12.8. The lowest BCUT2D eigenvalue weighted by Crippen LogP contribution is -1.96. The molecular weight excluding hydrogens is 689 g/mol. The molecule has 0 unspecified atom stereocenters. The van der Waals surface area contributed by atoms with Gasteiger partial charge in [-0.3, -0.25) is 0 Å². The van der Waals surface area contributed by atoms with Gasteiger partial charge in [-0.2, -0.15) is 0 Å². The number of nitrogens with zero attached hydrogens (tertiary/aromatic N) is 4.